The summed E-state index contributed by atoms with van der Waals surface area (Å²) < 4.78 is 15.1. The number of esters is 2. The Morgan fingerprint density at radius 1 is 1.24 bits per heavy atom. The van der Waals surface area contributed by atoms with E-state index in [2.05, 4.69) is 5.32 Å². The van der Waals surface area contributed by atoms with Gasteiger partial charge in [-0.05, 0) is 12.1 Å². The van der Waals surface area contributed by atoms with Gasteiger partial charge in [-0.2, -0.15) is 0 Å². The number of thioether (sulfide) groups is 1. The smallest absolute Gasteiger partial charge is 0.354 e. The first-order valence-electron chi connectivity index (χ1n) is 8.78. The second-order valence-corrected chi connectivity index (χ2v) is 7.39. The van der Waals surface area contributed by atoms with Crippen LogP contribution in [0.5, 0.6) is 5.75 Å². The predicted octanol–water partition coefficient (Wildman–Crippen LogP) is 0.455. The zero-order valence-electron chi connectivity index (χ0n) is 15.9. The van der Waals surface area contributed by atoms with Crippen LogP contribution in [0.25, 0.3) is 0 Å². The molecule has 1 N–H and O–H groups in total. The highest BCUT2D eigenvalue weighted by Crippen LogP contribution is 2.40. The number of hydrogen-bond acceptors (Lipinski definition) is 8. The second kappa shape index (κ2) is 8.99. The molecular weight excluding hydrogens is 400 g/mol. The monoisotopic (exact) mass is 420 g/mol. The zero-order valence-corrected chi connectivity index (χ0v) is 16.7. The van der Waals surface area contributed by atoms with E-state index in [1.807, 2.05) is 6.07 Å². The molecule has 2 heterocycles. The fourth-order valence-electron chi connectivity index (χ4n) is 2.95. The summed E-state index contributed by atoms with van der Waals surface area (Å²) in [7, 11) is 1.21. The highest BCUT2D eigenvalue weighted by Gasteiger charge is 2.54. The van der Waals surface area contributed by atoms with Gasteiger partial charge < -0.3 is 19.5 Å². The maximum Gasteiger partial charge on any atom is 0.354 e. The molecule has 2 amide bonds. The zero-order chi connectivity index (χ0) is 21.0. The molecule has 0 aliphatic carbocycles. The summed E-state index contributed by atoms with van der Waals surface area (Å²) in [5, 5.41) is 2.20. The van der Waals surface area contributed by atoms with Crippen molar-refractivity contribution >= 4 is 35.5 Å². The van der Waals surface area contributed by atoms with Gasteiger partial charge in [-0.15, -0.1) is 11.8 Å². The first-order valence-corrected chi connectivity index (χ1v) is 9.83. The van der Waals surface area contributed by atoms with Gasteiger partial charge in [0.15, 0.2) is 6.61 Å². The third-order valence-electron chi connectivity index (χ3n) is 4.31. The topological polar surface area (TPSA) is 111 Å². The summed E-state index contributed by atoms with van der Waals surface area (Å²) >= 11 is 1.37. The summed E-state index contributed by atoms with van der Waals surface area (Å²) in [6, 6.07) is 8.07. The van der Waals surface area contributed by atoms with Crippen molar-refractivity contribution in [3.63, 3.8) is 0 Å². The van der Waals surface area contributed by atoms with E-state index >= 15 is 0 Å². The van der Waals surface area contributed by atoms with E-state index in [1.165, 1.54) is 30.7 Å². The first kappa shape index (κ1) is 20.7. The average Bonchev–Trinajstić information content (AvgIpc) is 2.73. The number of hydrogen-bond donors (Lipinski definition) is 1. The van der Waals surface area contributed by atoms with Crippen LogP contribution in [0.2, 0.25) is 0 Å². The molecule has 29 heavy (non-hydrogen) atoms. The number of nitrogens with zero attached hydrogens (tertiary/aromatic N) is 1. The van der Waals surface area contributed by atoms with Crippen molar-refractivity contribution in [1.29, 1.82) is 0 Å². The van der Waals surface area contributed by atoms with E-state index in [0.29, 0.717) is 17.1 Å². The molecule has 0 spiro atoms. The highest BCUT2D eigenvalue weighted by atomic mass is 32.2. The molecule has 0 radical (unpaired) electrons. The minimum Gasteiger partial charge on any atom is -0.484 e. The Balaban J connectivity index is 1.65. The van der Waals surface area contributed by atoms with Gasteiger partial charge >= 0.3 is 11.9 Å². The lowest BCUT2D eigenvalue weighted by Gasteiger charge is -2.49. The number of β-lactam (4-membered cyclic amide) rings is 1. The maximum atomic E-state index is 12.6. The van der Waals surface area contributed by atoms with Crippen LogP contribution in [0.4, 0.5) is 0 Å². The van der Waals surface area contributed by atoms with Crippen molar-refractivity contribution in [3.05, 3.63) is 41.6 Å². The van der Waals surface area contributed by atoms with Crippen LogP contribution in [0.1, 0.15) is 6.92 Å². The normalized spacial score (nSPS) is 20.3. The van der Waals surface area contributed by atoms with Crippen LogP contribution < -0.4 is 10.1 Å². The molecule has 0 bridgehead atoms. The molecule has 1 aromatic carbocycles. The predicted molar refractivity (Wildman–Crippen MR) is 103 cm³/mol. The van der Waals surface area contributed by atoms with E-state index in [1.54, 1.807) is 24.3 Å². The number of amides is 2. The molecule has 2 atom stereocenters. The Bertz CT molecular complexity index is 855. The molecule has 0 aromatic heterocycles. The number of rotatable bonds is 7. The Morgan fingerprint density at radius 2 is 1.97 bits per heavy atom. The van der Waals surface area contributed by atoms with Crippen LogP contribution in [-0.4, -0.2) is 66.1 Å². The minimum atomic E-state index is -0.776. The first-order chi connectivity index (χ1) is 13.9. The Kier molecular flexibility index (Phi) is 6.42. The Labute approximate surface area is 171 Å². The van der Waals surface area contributed by atoms with Crippen LogP contribution in [0.15, 0.2) is 41.6 Å². The molecule has 3 rings (SSSR count). The molecule has 1 saturated heterocycles. The summed E-state index contributed by atoms with van der Waals surface area (Å²) in [5.41, 5.74) is 0.548. The lowest BCUT2D eigenvalue weighted by Crippen LogP contribution is -2.71. The molecule has 2 unspecified atom stereocenters. The fourth-order valence-corrected chi connectivity index (χ4v) is 4.28. The SMILES string of the molecule is COC(=O)C1=C(COC(C)=O)CSC2C(NC(=O)COc3ccccc3)C(=O)N12. The van der Waals surface area contributed by atoms with Crippen molar-refractivity contribution < 1.29 is 33.4 Å². The molecule has 0 saturated carbocycles. The van der Waals surface area contributed by atoms with Crippen molar-refractivity contribution in [2.45, 2.75) is 18.3 Å². The fraction of sp³-hybridized carbons (Fsp3) is 0.368. The van der Waals surface area contributed by atoms with Crippen LogP contribution in [-0.2, 0) is 28.7 Å². The summed E-state index contributed by atoms with van der Waals surface area (Å²) in [6.45, 7) is 0.919. The number of carbonyl (C=O) groups excluding carboxylic acids is 4. The number of methoxy groups -OCH3 is 1. The van der Waals surface area contributed by atoms with E-state index in [4.69, 9.17) is 14.2 Å². The number of benzene rings is 1. The molecular formula is C19H20N2O7S. The largest absolute Gasteiger partial charge is 0.484 e. The van der Waals surface area contributed by atoms with E-state index in [9.17, 15) is 19.2 Å². The Hall–Kier alpha value is -3.01. The van der Waals surface area contributed by atoms with E-state index in [0.717, 1.165) is 0 Å². The number of nitrogens with one attached hydrogen (secondary N) is 1. The van der Waals surface area contributed by atoms with Crippen LogP contribution in [0, 0.1) is 0 Å². The number of fused-ring (bicyclic) bond motifs is 1. The van der Waals surface area contributed by atoms with Gasteiger partial charge in [-0.25, -0.2) is 4.79 Å². The summed E-state index contributed by atoms with van der Waals surface area (Å²) in [6.07, 6.45) is 0. The number of para-hydroxylation sites is 1. The van der Waals surface area contributed by atoms with Crippen molar-refractivity contribution in [1.82, 2.24) is 10.2 Å². The van der Waals surface area contributed by atoms with Gasteiger partial charge in [0.25, 0.3) is 11.8 Å². The highest BCUT2D eigenvalue weighted by molar-refractivity contribution is 8.00. The lowest BCUT2D eigenvalue weighted by atomic mass is 10.0. The van der Waals surface area contributed by atoms with Crippen LogP contribution >= 0.6 is 11.8 Å². The van der Waals surface area contributed by atoms with Gasteiger partial charge in [-0.1, -0.05) is 18.2 Å². The van der Waals surface area contributed by atoms with Gasteiger partial charge in [0, 0.05) is 18.2 Å². The molecule has 154 valence electrons. The molecule has 9 nitrogen and oxygen atoms in total. The van der Waals surface area contributed by atoms with Gasteiger partial charge in [0.1, 0.15) is 29.5 Å². The standard InChI is InChI=1S/C19H20N2O7S/c1-11(22)27-8-12-10-29-18-15(17(24)21(18)16(12)19(25)26-2)20-14(23)9-28-13-6-4-3-5-7-13/h3-7,15,18H,8-10H2,1-2H3,(H,20,23). The summed E-state index contributed by atoms with van der Waals surface area (Å²) in [4.78, 5) is 49.4. The third kappa shape index (κ3) is 4.53. The van der Waals surface area contributed by atoms with Crippen molar-refractivity contribution in [3.8, 4) is 5.75 Å². The van der Waals surface area contributed by atoms with E-state index in [-0.39, 0.29) is 18.9 Å². The van der Waals surface area contributed by atoms with Crippen molar-refractivity contribution in [2.24, 2.45) is 0 Å². The van der Waals surface area contributed by atoms with Crippen LogP contribution in [0.3, 0.4) is 0 Å². The molecule has 2 aliphatic rings. The molecule has 2 aliphatic heterocycles. The summed E-state index contributed by atoms with van der Waals surface area (Å²) in [5.74, 6) is -1.16. The minimum absolute atomic E-state index is 0.0635. The molecule has 1 fully saturated rings. The van der Waals surface area contributed by atoms with E-state index < -0.39 is 35.2 Å². The van der Waals surface area contributed by atoms with Crippen molar-refractivity contribution in [2.75, 3.05) is 26.1 Å². The lowest BCUT2D eigenvalue weighted by molar-refractivity contribution is -0.152. The third-order valence-corrected chi connectivity index (χ3v) is 5.64. The Morgan fingerprint density at radius 3 is 2.62 bits per heavy atom. The average molecular weight is 420 g/mol. The number of carbonyl (C=O) groups is 4. The van der Waals surface area contributed by atoms with Gasteiger partial charge in [0.05, 0.1) is 7.11 Å². The molecule has 1 aromatic rings. The molecule has 10 heteroatoms. The maximum absolute atomic E-state index is 12.6. The number of ether oxygens (including phenoxy) is 3. The quantitative estimate of drug-likeness (QED) is 0.500. The van der Waals surface area contributed by atoms with Gasteiger partial charge in [0.2, 0.25) is 0 Å². The van der Waals surface area contributed by atoms with Gasteiger partial charge in [-0.3, -0.25) is 19.3 Å². The second-order valence-electron chi connectivity index (χ2n) is 6.28.